The lowest BCUT2D eigenvalue weighted by Gasteiger charge is -2.07. The first-order valence-electron chi connectivity index (χ1n) is 5.32. The van der Waals surface area contributed by atoms with Crippen LogP contribution >= 0.6 is 0 Å². The third-order valence-electron chi connectivity index (χ3n) is 2.16. The summed E-state index contributed by atoms with van der Waals surface area (Å²) in [5.41, 5.74) is 1.63. The molecule has 0 unspecified atom stereocenters. The number of aryl methyl sites for hydroxylation is 1. The molecular formula is C12H18FNO. The van der Waals surface area contributed by atoms with Crippen LogP contribution in [0.5, 0.6) is 0 Å². The van der Waals surface area contributed by atoms with Crippen LogP contribution in [0, 0.1) is 12.7 Å². The molecule has 1 aromatic rings. The fourth-order valence-corrected chi connectivity index (χ4v) is 1.31. The van der Waals surface area contributed by atoms with Crippen LogP contribution in [0.25, 0.3) is 0 Å². The maximum absolute atomic E-state index is 12.9. The zero-order valence-electron chi connectivity index (χ0n) is 9.35. The molecule has 1 N–H and O–H groups in total. The third kappa shape index (κ3) is 4.30. The highest BCUT2D eigenvalue weighted by Crippen LogP contribution is 2.13. The fourth-order valence-electron chi connectivity index (χ4n) is 1.31. The van der Waals surface area contributed by atoms with E-state index < -0.39 is 0 Å². The molecule has 84 valence electrons. The lowest BCUT2D eigenvalue weighted by molar-refractivity contribution is 0.147. The van der Waals surface area contributed by atoms with Gasteiger partial charge in [0.15, 0.2) is 0 Å². The molecule has 1 aromatic carbocycles. The van der Waals surface area contributed by atoms with Gasteiger partial charge in [-0.1, -0.05) is 0 Å². The zero-order valence-corrected chi connectivity index (χ0v) is 9.35. The van der Waals surface area contributed by atoms with Crippen LogP contribution in [0.4, 0.5) is 10.1 Å². The van der Waals surface area contributed by atoms with Gasteiger partial charge in [0.05, 0.1) is 0 Å². The summed E-state index contributed by atoms with van der Waals surface area (Å²) in [4.78, 5) is 0. The van der Waals surface area contributed by atoms with Gasteiger partial charge in [-0.2, -0.15) is 0 Å². The highest BCUT2D eigenvalue weighted by Gasteiger charge is 1.97. The Balaban J connectivity index is 2.28. The SMILES string of the molecule is CCOCCCNc1ccc(F)c(C)c1. The number of hydrogen-bond donors (Lipinski definition) is 1. The van der Waals surface area contributed by atoms with E-state index in [-0.39, 0.29) is 5.82 Å². The van der Waals surface area contributed by atoms with E-state index in [9.17, 15) is 4.39 Å². The summed E-state index contributed by atoms with van der Waals surface area (Å²) in [7, 11) is 0. The van der Waals surface area contributed by atoms with Gasteiger partial charge < -0.3 is 10.1 Å². The average molecular weight is 211 g/mol. The summed E-state index contributed by atoms with van der Waals surface area (Å²) in [6.07, 6.45) is 0.963. The number of hydrogen-bond acceptors (Lipinski definition) is 2. The number of ether oxygens (including phenoxy) is 1. The minimum atomic E-state index is -0.158. The molecule has 1 rings (SSSR count). The summed E-state index contributed by atoms with van der Waals surface area (Å²) in [6, 6.07) is 5.05. The van der Waals surface area contributed by atoms with Crippen LogP contribution in [0.15, 0.2) is 18.2 Å². The first kappa shape index (κ1) is 12.0. The van der Waals surface area contributed by atoms with E-state index in [4.69, 9.17) is 4.74 Å². The largest absolute Gasteiger partial charge is 0.385 e. The molecule has 0 aromatic heterocycles. The second-order valence-electron chi connectivity index (χ2n) is 3.44. The second-order valence-corrected chi connectivity index (χ2v) is 3.44. The van der Waals surface area contributed by atoms with E-state index in [0.29, 0.717) is 5.56 Å². The summed E-state index contributed by atoms with van der Waals surface area (Å²) in [5.74, 6) is -0.158. The van der Waals surface area contributed by atoms with Gasteiger partial charge in [-0.3, -0.25) is 0 Å². The van der Waals surface area contributed by atoms with Crippen molar-refractivity contribution >= 4 is 5.69 Å². The van der Waals surface area contributed by atoms with Gasteiger partial charge in [-0.05, 0) is 44.0 Å². The van der Waals surface area contributed by atoms with Gasteiger partial charge in [0.2, 0.25) is 0 Å². The Morgan fingerprint density at radius 2 is 2.20 bits per heavy atom. The van der Waals surface area contributed by atoms with Crippen molar-refractivity contribution < 1.29 is 9.13 Å². The van der Waals surface area contributed by atoms with Crippen molar-refractivity contribution in [3.05, 3.63) is 29.6 Å². The van der Waals surface area contributed by atoms with Gasteiger partial charge >= 0.3 is 0 Å². The van der Waals surface area contributed by atoms with E-state index in [0.717, 1.165) is 31.9 Å². The molecule has 2 nitrogen and oxygen atoms in total. The van der Waals surface area contributed by atoms with Crippen LogP contribution in [0.3, 0.4) is 0 Å². The minimum absolute atomic E-state index is 0.158. The predicted molar refractivity (Wildman–Crippen MR) is 60.7 cm³/mol. The fraction of sp³-hybridized carbons (Fsp3) is 0.500. The lowest BCUT2D eigenvalue weighted by atomic mass is 10.2. The quantitative estimate of drug-likeness (QED) is 0.730. The molecule has 0 aliphatic heterocycles. The number of rotatable bonds is 6. The molecule has 0 amide bonds. The number of benzene rings is 1. The van der Waals surface area contributed by atoms with Crippen molar-refractivity contribution in [3.63, 3.8) is 0 Å². The minimum Gasteiger partial charge on any atom is -0.385 e. The first-order valence-corrected chi connectivity index (χ1v) is 5.32. The number of halogens is 1. The van der Waals surface area contributed by atoms with Gasteiger partial charge in [-0.15, -0.1) is 0 Å². The summed E-state index contributed by atoms with van der Waals surface area (Å²) >= 11 is 0. The van der Waals surface area contributed by atoms with Crippen molar-refractivity contribution in [2.45, 2.75) is 20.3 Å². The summed E-state index contributed by atoms with van der Waals surface area (Å²) < 4.78 is 18.2. The second kappa shape index (κ2) is 6.40. The monoisotopic (exact) mass is 211 g/mol. The van der Waals surface area contributed by atoms with Gasteiger partial charge in [0.1, 0.15) is 5.82 Å². The van der Waals surface area contributed by atoms with Crippen molar-refractivity contribution in [1.29, 1.82) is 0 Å². The van der Waals surface area contributed by atoms with Crippen LogP contribution < -0.4 is 5.32 Å². The van der Waals surface area contributed by atoms with Crippen LogP contribution in [-0.2, 0) is 4.74 Å². The standard InChI is InChI=1S/C12H18FNO/c1-3-15-8-4-7-14-11-5-6-12(13)10(2)9-11/h5-6,9,14H,3-4,7-8H2,1-2H3. The molecule has 0 heterocycles. The maximum Gasteiger partial charge on any atom is 0.126 e. The number of anilines is 1. The lowest BCUT2D eigenvalue weighted by Crippen LogP contribution is -2.05. The van der Waals surface area contributed by atoms with E-state index in [1.807, 2.05) is 13.0 Å². The first-order chi connectivity index (χ1) is 7.24. The summed E-state index contributed by atoms with van der Waals surface area (Å²) in [5, 5.41) is 3.22. The van der Waals surface area contributed by atoms with Crippen LogP contribution in [0.1, 0.15) is 18.9 Å². The Morgan fingerprint density at radius 1 is 1.40 bits per heavy atom. The normalized spacial score (nSPS) is 10.3. The van der Waals surface area contributed by atoms with Gasteiger partial charge in [-0.25, -0.2) is 4.39 Å². The Hall–Kier alpha value is -1.09. The molecule has 0 saturated heterocycles. The molecule has 15 heavy (non-hydrogen) atoms. The molecule has 0 saturated carbocycles. The van der Waals surface area contributed by atoms with Crippen molar-refractivity contribution in [2.75, 3.05) is 25.1 Å². The molecule has 0 aliphatic carbocycles. The molecule has 0 bridgehead atoms. The third-order valence-corrected chi connectivity index (χ3v) is 2.16. The Kier molecular flexibility index (Phi) is 5.12. The molecule has 3 heteroatoms. The Bertz CT molecular complexity index is 302. The Morgan fingerprint density at radius 3 is 2.87 bits per heavy atom. The summed E-state index contributed by atoms with van der Waals surface area (Å²) in [6.45, 7) is 6.13. The zero-order chi connectivity index (χ0) is 11.1. The average Bonchev–Trinajstić information content (AvgIpc) is 2.23. The smallest absolute Gasteiger partial charge is 0.126 e. The van der Waals surface area contributed by atoms with E-state index in [2.05, 4.69) is 5.32 Å². The van der Waals surface area contributed by atoms with Gasteiger partial charge in [0, 0.05) is 25.4 Å². The highest BCUT2D eigenvalue weighted by atomic mass is 19.1. The molecule has 0 spiro atoms. The molecule has 0 radical (unpaired) electrons. The van der Waals surface area contributed by atoms with Gasteiger partial charge in [0.25, 0.3) is 0 Å². The van der Waals surface area contributed by atoms with Crippen molar-refractivity contribution in [3.8, 4) is 0 Å². The maximum atomic E-state index is 12.9. The van der Waals surface area contributed by atoms with Crippen LogP contribution in [-0.4, -0.2) is 19.8 Å². The molecule has 0 aliphatic rings. The van der Waals surface area contributed by atoms with E-state index >= 15 is 0 Å². The van der Waals surface area contributed by atoms with E-state index in [1.165, 1.54) is 6.07 Å². The van der Waals surface area contributed by atoms with Crippen molar-refractivity contribution in [1.82, 2.24) is 0 Å². The number of nitrogens with one attached hydrogen (secondary N) is 1. The predicted octanol–water partition coefficient (Wildman–Crippen LogP) is 2.97. The van der Waals surface area contributed by atoms with E-state index in [1.54, 1.807) is 13.0 Å². The molecule has 0 fully saturated rings. The highest BCUT2D eigenvalue weighted by molar-refractivity contribution is 5.45. The molecular weight excluding hydrogens is 193 g/mol. The van der Waals surface area contributed by atoms with Crippen LogP contribution in [0.2, 0.25) is 0 Å². The topological polar surface area (TPSA) is 21.3 Å². The molecule has 0 atom stereocenters. The Labute approximate surface area is 90.4 Å². The van der Waals surface area contributed by atoms with Crippen molar-refractivity contribution in [2.24, 2.45) is 0 Å².